The van der Waals surface area contributed by atoms with Gasteiger partial charge in [0, 0.05) is 24.6 Å². The van der Waals surface area contributed by atoms with E-state index in [-0.39, 0.29) is 18.4 Å². The summed E-state index contributed by atoms with van der Waals surface area (Å²) in [5, 5.41) is 10.8. The van der Waals surface area contributed by atoms with Crippen molar-refractivity contribution >= 4 is 28.8 Å². The zero-order valence-corrected chi connectivity index (χ0v) is 23.4. The molecule has 0 saturated carbocycles. The average molecular weight is 554 g/mol. The molecule has 0 unspecified atom stereocenters. The molecule has 0 fully saturated rings. The van der Waals surface area contributed by atoms with Gasteiger partial charge in [-0.2, -0.15) is 0 Å². The van der Waals surface area contributed by atoms with Crippen LogP contribution < -0.4 is 4.74 Å². The van der Waals surface area contributed by atoms with Crippen LogP contribution in [0.15, 0.2) is 91.0 Å². The molecule has 0 atom stereocenters. The summed E-state index contributed by atoms with van der Waals surface area (Å²) >= 11 is 0. The van der Waals surface area contributed by atoms with E-state index in [1.54, 1.807) is 0 Å². The van der Waals surface area contributed by atoms with Gasteiger partial charge in [-0.3, -0.25) is 9.59 Å². The fraction of sp³-hybridized carbons (Fsp3) is 0.265. The monoisotopic (exact) mass is 553 g/mol. The van der Waals surface area contributed by atoms with Crippen molar-refractivity contribution in [2.45, 2.75) is 52.1 Å². The Morgan fingerprint density at radius 1 is 0.829 bits per heavy atom. The molecule has 0 spiro atoms. The average Bonchev–Trinajstić information content (AvgIpc) is 2.97. The molecule has 0 aliphatic heterocycles. The van der Waals surface area contributed by atoms with Gasteiger partial charge >= 0.3 is 12.1 Å². The lowest BCUT2D eigenvalue weighted by atomic mass is 9.97. The Bertz CT molecular complexity index is 1490. The maximum Gasteiger partial charge on any atom is 0.513 e. The Morgan fingerprint density at radius 2 is 1.56 bits per heavy atom. The number of hydrogen-bond acceptors (Lipinski definition) is 5. The van der Waals surface area contributed by atoms with Crippen LogP contribution in [0.5, 0.6) is 5.75 Å². The van der Waals surface area contributed by atoms with Crippen LogP contribution in [-0.2, 0) is 16.1 Å². The Morgan fingerprint density at radius 3 is 2.32 bits per heavy atom. The van der Waals surface area contributed by atoms with Crippen molar-refractivity contribution in [1.82, 2.24) is 4.90 Å². The third kappa shape index (κ3) is 8.18. The lowest BCUT2D eigenvalue weighted by molar-refractivity contribution is -0.139. The van der Waals surface area contributed by atoms with E-state index in [1.165, 1.54) is 10.8 Å². The first-order valence-corrected chi connectivity index (χ1v) is 13.9. The smallest absolute Gasteiger partial charge is 0.494 e. The summed E-state index contributed by atoms with van der Waals surface area (Å²) in [5.41, 5.74) is 3.82. The molecule has 212 valence electrons. The number of esters is 1. The van der Waals surface area contributed by atoms with E-state index < -0.39 is 12.1 Å². The number of unbranched alkanes of at least 4 members (excludes halogenated alkanes) is 2. The van der Waals surface area contributed by atoms with Crippen LogP contribution in [0.25, 0.3) is 21.9 Å². The lowest BCUT2D eigenvalue weighted by Crippen LogP contribution is -2.36. The molecular weight excluding hydrogens is 518 g/mol. The van der Waals surface area contributed by atoms with Gasteiger partial charge in [-0.25, -0.2) is 4.79 Å². The van der Waals surface area contributed by atoms with Crippen molar-refractivity contribution in [3.05, 3.63) is 102 Å². The third-order valence-electron chi connectivity index (χ3n) is 6.86. The van der Waals surface area contributed by atoms with E-state index in [0.717, 1.165) is 23.1 Å². The predicted octanol–water partition coefficient (Wildman–Crippen LogP) is 7.72. The summed E-state index contributed by atoms with van der Waals surface area (Å²) in [6, 6.07) is 30.1. The molecule has 4 rings (SSSR count). The number of carbonyl (C=O) groups is 3. The summed E-state index contributed by atoms with van der Waals surface area (Å²) < 4.78 is 9.97. The highest BCUT2D eigenvalue weighted by molar-refractivity contribution is 5.98. The largest absolute Gasteiger partial charge is 0.513 e. The normalized spacial score (nSPS) is 10.9. The number of amides is 1. The van der Waals surface area contributed by atoms with Gasteiger partial charge in [-0.05, 0) is 84.8 Å². The first-order valence-electron chi connectivity index (χ1n) is 13.9. The maximum atomic E-state index is 13.5. The van der Waals surface area contributed by atoms with Gasteiger partial charge in [0.2, 0.25) is 0 Å². The topological polar surface area (TPSA) is 93.1 Å². The molecule has 0 bridgehead atoms. The molecule has 1 N–H and O–H groups in total. The number of rotatable bonds is 12. The molecule has 0 heterocycles. The van der Waals surface area contributed by atoms with Crippen molar-refractivity contribution in [1.29, 1.82) is 0 Å². The first-order chi connectivity index (χ1) is 19.8. The summed E-state index contributed by atoms with van der Waals surface area (Å²) in [6.45, 7) is 4.93. The summed E-state index contributed by atoms with van der Waals surface area (Å²) in [4.78, 5) is 37.0. The molecule has 0 aliphatic carbocycles. The summed E-state index contributed by atoms with van der Waals surface area (Å²) in [7, 11) is 0. The number of ether oxygens (including phenoxy) is 2. The number of carboxylic acid groups (broad SMARTS) is 1. The van der Waals surface area contributed by atoms with Crippen LogP contribution >= 0.6 is 0 Å². The number of carbonyl (C=O) groups excluding carboxylic acids is 2. The summed E-state index contributed by atoms with van der Waals surface area (Å²) in [5.74, 6) is -0.0586. The Hall–Kier alpha value is -4.65. The zero-order chi connectivity index (χ0) is 29.2. The molecular formula is C34H35NO6. The second kappa shape index (κ2) is 14.1. The van der Waals surface area contributed by atoms with E-state index in [9.17, 15) is 14.4 Å². The molecule has 7 heteroatoms. The third-order valence-corrected chi connectivity index (χ3v) is 6.86. The van der Waals surface area contributed by atoms with Gasteiger partial charge in [0.05, 0.1) is 6.61 Å². The minimum atomic E-state index is -1.58. The second-order valence-corrected chi connectivity index (χ2v) is 10.2. The number of nitrogens with zero attached hydrogens (tertiary/aromatic N) is 1. The number of benzene rings is 4. The van der Waals surface area contributed by atoms with Crippen LogP contribution in [0.2, 0.25) is 0 Å². The van der Waals surface area contributed by atoms with Crippen LogP contribution in [0, 0.1) is 0 Å². The van der Waals surface area contributed by atoms with Crippen LogP contribution in [-0.4, -0.2) is 40.7 Å². The fourth-order valence-electron chi connectivity index (χ4n) is 4.74. The molecule has 0 saturated heterocycles. The number of hydrogen-bond donors (Lipinski definition) is 1. The molecule has 0 radical (unpaired) electrons. The summed E-state index contributed by atoms with van der Waals surface area (Å²) in [6.07, 6.45) is 0.446. The highest BCUT2D eigenvalue weighted by atomic mass is 16.7. The van der Waals surface area contributed by atoms with E-state index in [2.05, 4.69) is 35.1 Å². The van der Waals surface area contributed by atoms with Crippen molar-refractivity contribution in [3.8, 4) is 16.9 Å². The van der Waals surface area contributed by atoms with Crippen molar-refractivity contribution in [3.63, 3.8) is 0 Å². The first kappa shape index (κ1) is 29.3. The Kier molecular flexibility index (Phi) is 10.1. The zero-order valence-electron chi connectivity index (χ0n) is 23.4. The fourth-order valence-corrected chi connectivity index (χ4v) is 4.74. The molecule has 4 aromatic rings. The minimum Gasteiger partial charge on any atom is -0.494 e. The van der Waals surface area contributed by atoms with Gasteiger partial charge in [0.15, 0.2) is 0 Å². The molecule has 0 aliphatic rings. The Labute approximate surface area is 240 Å². The van der Waals surface area contributed by atoms with Crippen molar-refractivity contribution < 1.29 is 29.0 Å². The predicted molar refractivity (Wildman–Crippen MR) is 159 cm³/mol. The SMILES string of the molecule is CC(C)N(Cc1cccc(OCCCCCC(=O)OC(=O)O)c1)C(=O)c1ccc(-c2cccc3ccccc23)cc1. The number of fused-ring (bicyclic) bond motifs is 1. The van der Waals surface area contributed by atoms with Crippen LogP contribution in [0.3, 0.4) is 0 Å². The van der Waals surface area contributed by atoms with Gasteiger partial charge in [-0.15, -0.1) is 0 Å². The second-order valence-electron chi connectivity index (χ2n) is 10.2. The van der Waals surface area contributed by atoms with E-state index in [4.69, 9.17) is 9.84 Å². The highest BCUT2D eigenvalue weighted by Crippen LogP contribution is 2.29. The van der Waals surface area contributed by atoms with E-state index in [0.29, 0.717) is 37.3 Å². The molecule has 0 aromatic heterocycles. The maximum absolute atomic E-state index is 13.5. The quantitative estimate of drug-likeness (QED) is 0.110. The minimum absolute atomic E-state index is 0.00219. The van der Waals surface area contributed by atoms with Gasteiger partial charge in [0.1, 0.15) is 5.75 Å². The van der Waals surface area contributed by atoms with E-state index in [1.807, 2.05) is 79.4 Å². The van der Waals surface area contributed by atoms with Crippen LogP contribution in [0.4, 0.5) is 4.79 Å². The molecule has 41 heavy (non-hydrogen) atoms. The lowest BCUT2D eigenvalue weighted by Gasteiger charge is -2.27. The van der Waals surface area contributed by atoms with E-state index >= 15 is 0 Å². The molecule has 1 amide bonds. The van der Waals surface area contributed by atoms with Gasteiger partial charge in [-0.1, -0.05) is 66.7 Å². The highest BCUT2D eigenvalue weighted by Gasteiger charge is 2.20. The van der Waals surface area contributed by atoms with Gasteiger partial charge < -0.3 is 19.5 Å². The van der Waals surface area contributed by atoms with Crippen LogP contribution in [0.1, 0.15) is 55.5 Å². The van der Waals surface area contributed by atoms with Crippen molar-refractivity contribution in [2.24, 2.45) is 0 Å². The molecule has 7 nitrogen and oxygen atoms in total. The van der Waals surface area contributed by atoms with Crippen molar-refractivity contribution in [2.75, 3.05) is 6.61 Å². The standard InChI is InChI=1S/C34H35NO6/c1-24(2)35(23-25-10-8-13-29(22-25)40-21-7-3-4-16-32(36)41-34(38)39)33(37)28-19-17-27(18-20-28)31-15-9-12-26-11-5-6-14-30(26)31/h5-6,8-15,17-20,22,24H,3-4,7,16,21,23H2,1-2H3,(H,38,39). The Balaban J connectivity index is 1.35. The molecule has 4 aromatic carbocycles. The van der Waals surface area contributed by atoms with Gasteiger partial charge in [0.25, 0.3) is 5.91 Å².